The third-order valence-corrected chi connectivity index (χ3v) is 9.40. The molecule has 2 aromatic heterocycles. The third kappa shape index (κ3) is 4.88. The molecule has 202 valence electrons. The molecule has 1 spiro atoms. The molecule has 8 heteroatoms. The van der Waals surface area contributed by atoms with Crippen LogP contribution < -0.4 is 5.32 Å². The van der Waals surface area contributed by atoms with Crippen molar-refractivity contribution < 1.29 is 14.6 Å². The number of aromatic nitrogens is 3. The predicted octanol–water partition coefficient (Wildman–Crippen LogP) is 4.31. The normalized spacial score (nSPS) is 30.1. The number of aliphatic hydroxyl groups excluding tert-OH is 1. The Hall–Kier alpha value is -2.16. The van der Waals surface area contributed by atoms with Crippen molar-refractivity contribution >= 4 is 11.5 Å². The summed E-state index contributed by atoms with van der Waals surface area (Å²) in [6.45, 7) is 11.3. The number of rotatable bonds is 8. The van der Waals surface area contributed by atoms with Crippen molar-refractivity contribution in [3.8, 4) is 0 Å². The number of hydrogen-bond donors (Lipinski definition) is 2. The molecule has 2 aromatic rings. The molecule has 37 heavy (non-hydrogen) atoms. The molecular formula is C29H43N5O3. The summed E-state index contributed by atoms with van der Waals surface area (Å²) in [5.74, 6) is 2.19. The molecule has 0 unspecified atom stereocenters. The molecule has 4 aliphatic rings. The lowest BCUT2D eigenvalue weighted by Gasteiger charge is -2.57. The smallest absolute Gasteiger partial charge is 0.241 e. The second kappa shape index (κ2) is 10.2. The van der Waals surface area contributed by atoms with Gasteiger partial charge in [0.2, 0.25) is 5.95 Å². The average Bonchev–Trinajstić information content (AvgIpc) is 3.22. The van der Waals surface area contributed by atoms with Crippen molar-refractivity contribution in [2.24, 2.45) is 11.3 Å². The minimum absolute atomic E-state index is 0.132. The number of allylic oxidation sites excluding steroid dienone is 1. The van der Waals surface area contributed by atoms with E-state index in [0.717, 1.165) is 57.5 Å². The number of anilines is 1. The highest BCUT2D eigenvalue weighted by Gasteiger charge is 2.50. The molecule has 0 bridgehead atoms. The van der Waals surface area contributed by atoms with E-state index >= 15 is 0 Å². The minimum Gasteiger partial charge on any atom is -0.393 e. The van der Waals surface area contributed by atoms with E-state index in [1.165, 1.54) is 42.6 Å². The van der Waals surface area contributed by atoms with Gasteiger partial charge in [-0.05, 0) is 81.8 Å². The Morgan fingerprint density at radius 2 is 1.86 bits per heavy atom. The molecule has 6 rings (SSSR count). The van der Waals surface area contributed by atoms with Crippen LogP contribution in [-0.2, 0) is 9.47 Å². The van der Waals surface area contributed by atoms with E-state index in [1.54, 1.807) is 7.11 Å². The standard InChI is InChI=1S/C29H43N5O3/c1-19(14-36-3)31-28-30-13-27-25(12-26(34(27)32-28)23-8-10-24(35)11-9-23)22-6-4-21(5-7-22)20(2)33-15-29(16-33)17-37-18-29/h12-13,19,21-24,35H,2,4-11,14-18H2,1,3H3,(H,31,32)/t19-,21?,22?,23?,24?/m0/s1. The Morgan fingerprint density at radius 3 is 2.51 bits per heavy atom. The van der Waals surface area contributed by atoms with Crippen LogP contribution in [0.15, 0.2) is 24.5 Å². The fourth-order valence-electron chi connectivity index (χ4n) is 7.14. The van der Waals surface area contributed by atoms with E-state index in [9.17, 15) is 5.11 Å². The first-order chi connectivity index (χ1) is 17.9. The van der Waals surface area contributed by atoms with Gasteiger partial charge in [-0.1, -0.05) is 6.58 Å². The summed E-state index contributed by atoms with van der Waals surface area (Å²) in [4.78, 5) is 7.20. The molecular weight excluding hydrogens is 466 g/mol. The van der Waals surface area contributed by atoms with E-state index in [4.69, 9.17) is 19.6 Å². The molecule has 4 fully saturated rings. The summed E-state index contributed by atoms with van der Waals surface area (Å²) in [5.41, 5.74) is 5.61. The van der Waals surface area contributed by atoms with Crippen LogP contribution in [0.25, 0.3) is 5.52 Å². The topological polar surface area (TPSA) is 84.2 Å². The molecule has 2 saturated carbocycles. The van der Waals surface area contributed by atoms with Crippen molar-refractivity contribution in [1.29, 1.82) is 0 Å². The molecule has 8 nitrogen and oxygen atoms in total. The maximum Gasteiger partial charge on any atom is 0.241 e. The maximum absolute atomic E-state index is 10.1. The zero-order valence-corrected chi connectivity index (χ0v) is 22.5. The minimum atomic E-state index is -0.162. The van der Waals surface area contributed by atoms with Gasteiger partial charge < -0.3 is 24.8 Å². The lowest BCUT2D eigenvalue weighted by molar-refractivity contribution is -0.182. The van der Waals surface area contributed by atoms with Crippen molar-refractivity contribution in [1.82, 2.24) is 19.5 Å². The highest BCUT2D eigenvalue weighted by molar-refractivity contribution is 5.58. The summed E-state index contributed by atoms with van der Waals surface area (Å²) in [7, 11) is 1.71. The molecule has 0 aromatic carbocycles. The Labute approximate surface area is 220 Å². The Morgan fingerprint density at radius 1 is 1.16 bits per heavy atom. The van der Waals surface area contributed by atoms with Gasteiger partial charge in [0.25, 0.3) is 0 Å². The molecule has 1 atom stereocenters. The average molecular weight is 510 g/mol. The Bertz CT molecular complexity index is 1100. The summed E-state index contributed by atoms with van der Waals surface area (Å²) >= 11 is 0. The van der Waals surface area contributed by atoms with Gasteiger partial charge in [0.1, 0.15) is 0 Å². The lowest BCUT2D eigenvalue weighted by atomic mass is 9.74. The summed E-state index contributed by atoms with van der Waals surface area (Å²) in [6.07, 6.45) is 10.3. The fraction of sp³-hybridized carbons (Fsp3) is 0.724. The summed E-state index contributed by atoms with van der Waals surface area (Å²) < 4.78 is 12.9. The lowest BCUT2D eigenvalue weighted by Crippen LogP contribution is -2.65. The molecule has 0 amide bonds. The number of fused-ring (bicyclic) bond motifs is 1. The van der Waals surface area contributed by atoms with Crippen LogP contribution in [0.5, 0.6) is 0 Å². The number of nitrogens with one attached hydrogen (secondary N) is 1. The van der Waals surface area contributed by atoms with Crippen LogP contribution in [0.3, 0.4) is 0 Å². The van der Waals surface area contributed by atoms with Crippen LogP contribution in [0.4, 0.5) is 5.95 Å². The highest BCUT2D eigenvalue weighted by Crippen LogP contribution is 2.46. The van der Waals surface area contributed by atoms with Crippen molar-refractivity contribution in [3.05, 3.63) is 35.8 Å². The molecule has 2 aliphatic carbocycles. The quantitative estimate of drug-likeness (QED) is 0.548. The van der Waals surface area contributed by atoms with Gasteiger partial charge >= 0.3 is 0 Å². The molecule has 0 radical (unpaired) electrons. The van der Waals surface area contributed by atoms with Crippen LogP contribution in [0, 0.1) is 11.3 Å². The first kappa shape index (κ1) is 25.1. The van der Waals surface area contributed by atoms with Crippen molar-refractivity contribution in [2.45, 2.75) is 82.3 Å². The molecule has 4 heterocycles. The van der Waals surface area contributed by atoms with E-state index in [1.807, 2.05) is 6.20 Å². The van der Waals surface area contributed by atoms with Gasteiger partial charge in [0, 0.05) is 43.6 Å². The predicted molar refractivity (Wildman–Crippen MR) is 144 cm³/mol. The van der Waals surface area contributed by atoms with Gasteiger partial charge in [0.05, 0.1) is 43.1 Å². The largest absolute Gasteiger partial charge is 0.393 e. The van der Waals surface area contributed by atoms with Crippen LogP contribution in [-0.4, -0.2) is 76.8 Å². The van der Waals surface area contributed by atoms with E-state index < -0.39 is 0 Å². The van der Waals surface area contributed by atoms with Gasteiger partial charge in [-0.2, -0.15) is 0 Å². The zero-order chi connectivity index (χ0) is 25.6. The highest BCUT2D eigenvalue weighted by atomic mass is 16.5. The number of methoxy groups -OCH3 is 1. The number of aliphatic hydroxyl groups is 1. The summed E-state index contributed by atoms with van der Waals surface area (Å²) in [6, 6.07) is 2.55. The van der Waals surface area contributed by atoms with Crippen molar-refractivity contribution in [3.63, 3.8) is 0 Å². The van der Waals surface area contributed by atoms with Gasteiger partial charge in [-0.3, -0.25) is 0 Å². The van der Waals surface area contributed by atoms with E-state index in [2.05, 4.69) is 34.3 Å². The van der Waals surface area contributed by atoms with Crippen LogP contribution in [0.2, 0.25) is 0 Å². The van der Waals surface area contributed by atoms with Crippen molar-refractivity contribution in [2.75, 3.05) is 45.3 Å². The van der Waals surface area contributed by atoms with E-state index in [0.29, 0.717) is 35.7 Å². The SMILES string of the molecule is C=C(C1CCC(c2cc(C3CCC(O)CC3)n3nc(N[C@@H](C)COC)ncc23)CC1)N1CC2(COC2)C1. The van der Waals surface area contributed by atoms with Gasteiger partial charge in [-0.25, -0.2) is 9.50 Å². The number of hydrogen-bond acceptors (Lipinski definition) is 7. The fourth-order valence-corrected chi connectivity index (χ4v) is 7.14. The van der Waals surface area contributed by atoms with Gasteiger partial charge in [-0.15, -0.1) is 5.10 Å². The second-order valence-electron chi connectivity index (χ2n) is 12.3. The number of ether oxygens (including phenoxy) is 2. The van der Waals surface area contributed by atoms with E-state index in [-0.39, 0.29) is 12.1 Å². The molecule has 2 aliphatic heterocycles. The zero-order valence-electron chi connectivity index (χ0n) is 22.5. The first-order valence-electron chi connectivity index (χ1n) is 14.3. The molecule has 2 saturated heterocycles. The van der Waals surface area contributed by atoms with Gasteiger partial charge in [0.15, 0.2) is 0 Å². The monoisotopic (exact) mass is 509 g/mol. The second-order valence-corrected chi connectivity index (χ2v) is 12.3. The van der Waals surface area contributed by atoms with Crippen LogP contribution >= 0.6 is 0 Å². The Balaban J connectivity index is 1.19. The van der Waals surface area contributed by atoms with Crippen LogP contribution in [0.1, 0.15) is 81.4 Å². The maximum atomic E-state index is 10.1. The first-order valence-corrected chi connectivity index (χ1v) is 14.3. The Kier molecular flexibility index (Phi) is 6.92. The number of nitrogens with zero attached hydrogens (tertiary/aromatic N) is 4. The number of likely N-dealkylation sites (tertiary alicyclic amines) is 1. The third-order valence-electron chi connectivity index (χ3n) is 9.40. The summed E-state index contributed by atoms with van der Waals surface area (Å²) in [5, 5.41) is 18.4. The molecule has 2 N–H and O–H groups in total.